The van der Waals surface area contributed by atoms with Gasteiger partial charge < -0.3 is 13.7 Å². The summed E-state index contributed by atoms with van der Waals surface area (Å²) in [6.45, 7) is 9.39. The van der Waals surface area contributed by atoms with Crippen LogP contribution in [0.2, 0.25) is 0 Å². The van der Waals surface area contributed by atoms with Crippen LogP contribution in [0.4, 0.5) is 0 Å². The second kappa shape index (κ2) is 16.7. The number of benzene rings is 7. The number of aryl methyl sites for hydroxylation is 3. The second-order valence-corrected chi connectivity index (χ2v) is 17.2. The van der Waals surface area contributed by atoms with E-state index in [1.54, 1.807) is 0 Å². The molecule has 0 aliphatic carbocycles. The fourth-order valence-electron chi connectivity index (χ4n) is 9.92. The molecule has 6 nitrogen and oxygen atoms in total. The van der Waals surface area contributed by atoms with E-state index in [0.29, 0.717) is 16.7 Å². The average Bonchev–Trinajstić information content (AvgIpc) is 3.94. The Morgan fingerprint density at radius 3 is 0.825 bits per heavy atom. The lowest BCUT2D eigenvalue weighted by Crippen LogP contribution is -1.97. The van der Waals surface area contributed by atoms with Gasteiger partial charge in [-0.3, -0.25) is 14.4 Å². The molecule has 0 saturated heterocycles. The van der Waals surface area contributed by atoms with E-state index in [2.05, 4.69) is 125 Å². The van der Waals surface area contributed by atoms with Crippen LogP contribution in [0.3, 0.4) is 0 Å². The summed E-state index contributed by atoms with van der Waals surface area (Å²) in [6.07, 6.45) is 9.28. The highest BCUT2D eigenvalue weighted by atomic mass is 16.1. The molecule has 0 bridgehead atoms. The molecule has 0 N–H and O–H groups in total. The van der Waals surface area contributed by atoms with Gasteiger partial charge in [-0.2, -0.15) is 0 Å². The molecule has 3 aromatic heterocycles. The predicted molar refractivity (Wildman–Crippen MR) is 263 cm³/mol. The quantitative estimate of drug-likeness (QED) is 0.0967. The van der Waals surface area contributed by atoms with Gasteiger partial charge in [-0.15, -0.1) is 0 Å². The lowest BCUT2D eigenvalue weighted by atomic mass is 9.91. The van der Waals surface area contributed by atoms with Gasteiger partial charge in [0.15, 0.2) is 0 Å². The molecule has 0 unspecified atom stereocenters. The first-order chi connectivity index (χ1) is 30.9. The summed E-state index contributed by atoms with van der Waals surface area (Å²) in [7, 11) is 0. The molecule has 6 heteroatoms. The van der Waals surface area contributed by atoms with E-state index in [4.69, 9.17) is 0 Å². The average molecular weight is 826 g/mol. The van der Waals surface area contributed by atoms with Gasteiger partial charge in [0.05, 0.1) is 0 Å². The smallest absolute Gasteiger partial charge is 0.150 e. The van der Waals surface area contributed by atoms with E-state index in [-0.39, 0.29) is 0 Å². The first-order valence-corrected chi connectivity index (χ1v) is 22.6. The van der Waals surface area contributed by atoms with E-state index in [0.717, 1.165) is 159 Å². The number of carbonyl (C=O) groups is 3. The van der Waals surface area contributed by atoms with Crippen molar-refractivity contribution in [3.8, 4) is 33.4 Å². The van der Waals surface area contributed by atoms with Crippen LogP contribution >= 0.6 is 0 Å². The Morgan fingerprint density at radius 2 is 0.571 bits per heavy atom. The van der Waals surface area contributed by atoms with Crippen molar-refractivity contribution in [3.05, 3.63) is 144 Å². The third-order valence-electron chi connectivity index (χ3n) is 13.2. The van der Waals surface area contributed by atoms with E-state index < -0.39 is 0 Å². The minimum absolute atomic E-state index is 0.671. The van der Waals surface area contributed by atoms with Crippen molar-refractivity contribution in [1.82, 2.24) is 13.7 Å². The van der Waals surface area contributed by atoms with E-state index in [1.807, 2.05) is 36.4 Å². The highest BCUT2D eigenvalue weighted by molar-refractivity contribution is 6.13. The molecule has 312 valence electrons. The fraction of sp³-hybridized carbons (Fsp3) is 0.211. The predicted octanol–water partition coefficient (Wildman–Crippen LogP) is 14.8. The lowest BCUT2D eigenvalue weighted by Gasteiger charge is -2.13. The Bertz CT molecular complexity index is 3060. The standard InChI is InChI=1S/C57H51N3O3/c1-4-7-22-58-52-16-10-37(34-61)25-46(52)49-31-40(13-19-55(49)58)43-28-44(41-14-20-56-50(32-41)47-26-38(35-62)11-17-53(47)59(56)23-8-5-2)30-45(29-43)42-15-21-57-51(33-42)48-27-39(36-63)12-18-54(48)60(57)24-9-6-3/h10-21,25-36H,4-9,22-24H2,1-3H3. The second-order valence-electron chi connectivity index (χ2n) is 17.2. The molecule has 63 heavy (non-hydrogen) atoms. The number of nitrogens with zero attached hydrogens (tertiary/aromatic N) is 3. The summed E-state index contributed by atoms with van der Waals surface area (Å²) >= 11 is 0. The third-order valence-corrected chi connectivity index (χ3v) is 13.2. The maximum atomic E-state index is 12.0. The number of hydrogen-bond acceptors (Lipinski definition) is 3. The van der Waals surface area contributed by atoms with Gasteiger partial charge in [-0.05, 0) is 162 Å². The van der Waals surface area contributed by atoms with Gasteiger partial charge >= 0.3 is 0 Å². The van der Waals surface area contributed by atoms with Crippen molar-refractivity contribution >= 4 is 84.3 Å². The monoisotopic (exact) mass is 825 g/mol. The normalized spacial score (nSPS) is 11.9. The molecule has 0 aliphatic heterocycles. The highest BCUT2D eigenvalue weighted by Gasteiger charge is 2.18. The summed E-state index contributed by atoms with van der Waals surface area (Å²) in [5.74, 6) is 0. The zero-order valence-corrected chi connectivity index (χ0v) is 36.3. The molecule has 0 radical (unpaired) electrons. The highest BCUT2D eigenvalue weighted by Crippen LogP contribution is 2.41. The Morgan fingerprint density at radius 1 is 0.317 bits per heavy atom. The maximum Gasteiger partial charge on any atom is 0.150 e. The van der Waals surface area contributed by atoms with Crippen molar-refractivity contribution in [2.45, 2.75) is 78.9 Å². The fourth-order valence-corrected chi connectivity index (χ4v) is 9.92. The molecule has 0 atom stereocenters. The number of carbonyl (C=O) groups excluding carboxylic acids is 3. The molecule has 10 rings (SSSR count). The molecule has 3 heterocycles. The van der Waals surface area contributed by atoms with Crippen LogP contribution in [0.25, 0.3) is 98.8 Å². The van der Waals surface area contributed by atoms with Crippen molar-refractivity contribution in [2.24, 2.45) is 0 Å². The third kappa shape index (κ3) is 6.94. The van der Waals surface area contributed by atoms with Crippen molar-refractivity contribution in [3.63, 3.8) is 0 Å². The summed E-state index contributed by atoms with van der Waals surface area (Å²) < 4.78 is 7.20. The van der Waals surface area contributed by atoms with Crippen LogP contribution in [0.5, 0.6) is 0 Å². The Kier molecular flexibility index (Phi) is 10.6. The largest absolute Gasteiger partial charge is 0.340 e. The number of rotatable bonds is 15. The van der Waals surface area contributed by atoms with Crippen LogP contribution in [-0.2, 0) is 19.6 Å². The molecule has 7 aromatic carbocycles. The Balaban J connectivity index is 1.21. The van der Waals surface area contributed by atoms with Crippen LogP contribution in [0, 0.1) is 0 Å². The molecule has 0 fully saturated rings. The molecule has 10 aromatic rings. The first-order valence-electron chi connectivity index (χ1n) is 22.6. The van der Waals surface area contributed by atoms with Crippen molar-refractivity contribution < 1.29 is 14.4 Å². The molecular weight excluding hydrogens is 775 g/mol. The first kappa shape index (κ1) is 40.0. The zero-order chi connectivity index (χ0) is 43.2. The maximum absolute atomic E-state index is 12.0. The Labute approximate surface area is 367 Å². The lowest BCUT2D eigenvalue weighted by molar-refractivity contribution is 0.111. The van der Waals surface area contributed by atoms with E-state index >= 15 is 0 Å². The van der Waals surface area contributed by atoms with Crippen LogP contribution in [0.15, 0.2) is 127 Å². The number of unbranched alkanes of at least 4 members (excludes halogenated alkanes) is 3. The summed E-state index contributed by atoms with van der Waals surface area (Å²) in [6, 6.07) is 45.4. The summed E-state index contributed by atoms with van der Waals surface area (Å²) in [4.78, 5) is 36.1. The molecule has 0 spiro atoms. The van der Waals surface area contributed by atoms with E-state index in [9.17, 15) is 14.4 Å². The topological polar surface area (TPSA) is 66.0 Å². The van der Waals surface area contributed by atoms with Gasteiger partial charge in [-0.25, -0.2) is 0 Å². The van der Waals surface area contributed by atoms with Gasteiger partial charge in [-0.1, -0.05) is 58.2 Å². The van der Waals surface area contributed by atoms with Gasteiger partial charge in [0.25, 0.3) is 0 Å². The van der Waals surface area contributed by atoms with Crippen LogP contribution in [0.1, 0.15) is 90.4 Å². The number of aldehydes is 3. The number of aromatic nitrogens is 3. The minimum atomic E-state index is 0.671. The molecule has 0 saturated carbocycles. The molecule has 0 aliphatic rings. The van der Waals surface area contributed by atoms with E-state index in [1.165, 1.54) is 16.6 Å². The Hall–Kier alpha value is -7.05. The SMILES string of the molecule is CCCCn1c2ccc(C=O)cc2c2cc(-c3cc(-c4ccc5c(c4)c4cc(C=O)ccc4n5CCCC)cc(-c4ccc5c(c4)c4cc(C=O)ccc4n5CCCC)c3)ccc21. The summed E-state index contributed by atoms with van der Waals surface area (Å²) in [5.41, 5.74) is 15.5. The minimum Gasteiger partial charge on any atom is -0.340 e. The van der Waals surface area contributed by atoms with Crippen LogP contribution in [-0.4, -0.2) is 32.6 Å². The van der Waals surface area contributed by atoms with Crippen molar-refractivity contribution in [1.29, 1.82) is 0 Å². The van der Waals surface area contributed by atoms with Gasteiger partial charge in [0.1, 0.15) is 18.9 Å². The zero-order valence-electron chi connectivity index (χ0n) is 36.3. The molecular formula is C57H51N3O3. The van der Waals surface area contributed by atoms with Gasteiger partial charge in [0, 0.05) is 102 Å². The molecule has 0 amide bonds. The number of fused-ring (bicyclic) bond motifs is 9. The van der Waals surface area contributed by atoms with Gasteiger partial charge in [0.2, 0.25) is 0 Å². The van der Waals surface area contributed by atoms with Crippen LogP contribution < -0.4 is 0 Å². The van der Waals surface area contributed by atoms with Crippen molar-refractivity contribution in [2.75, 3.05) is 0 Å². The summed E-state index contributed by atoms with van der Waals surface area (Å²) in [5, 5.41) is 6.66. The number of hydrogen-bond donors (Lipinski definition) is 0.